The predicted octanol–water partition coefficient (Wildman–Crippen LogP) is 0.571. The third-order valence-electron chi connectivity index (χ3n) is 2.09. The fourth-order valence-corrected chi connectivity index (χ4v) is 1.16. The summed E-state index contributed by atoms with van der Waals surface area (Å²) in [6.07, 6.45) is 4.00. The molecule has 1 fully saturated rings. The number of hydrogen-bond donors (Lipinski definition) is 2. The third-order valence-corrected chi connectivity index (χ3v) is 2.09. The Kier molecular flexibility index (Phi) is 4.43. The van der Waals surface area contributed by atoms with Gasteiger partial charge in [-0.1, -0.05) is 6.92 Å². The summed E-state index contributed by atoms with van der Waals surface area (Å²) in [5.74, 6) is 0.0796. The van der Waals surface area contributed by atoms with Crippen LogP contribution in [0.15, 0.2) is 0 Å². The maximum atomic E-state index is 11.2. The second-order valence-corrected chi connectivity index (χ2v) is 3.69. The number of hydrogen-bond acceptors (Lipinski definition) is 2. The lowest BCUT2D eigenvalue weighted by atomic mass is 10.3. The Morgan fingerprint density at radius 2 is 1.93 bits per heavy atom. The van der Waals surface area contributed by atoms with Gasteiger partial charge in [-0.3, -0.25) is 9.59 Å². The van der Waals surface area contributed by atoms with Crippen molar-refractivity contribution in [3.63, 3.8) is 0 Å². The van der Waals surface area contributed by atoms with Crippen LogP contribution < -0.4 is 10.6 Å². The Labute approximate surface area is 84.4 Å². The second-order valence-electron chi connectivity index (χ2n) is 3.69. The average molecular weight is 198 g/mol. The molecule has 4 heteroatoms. The van der Waals surface area contributed by atoms with Gasteiger partial charge in [0, 0.05) is 25.4 Å². The summed E-state index contributed by atoms with van der Waals surface area (Å²) in [4.78, 5) is 22.2. The van der Waals surface area contributed by atoms with Crippen LogP contribution in [0.4, 0.5) is 0 Å². The second kappa shape index (κ2) is 5.62. The van der Waals surface area contributed by atoms with Crippen LogP contribution in [-0.4, -0.2) is 24.4 Å². The molecule has 80 valence electrons. The lowest BCUT2D eigenvalue weighted by Crippen LogP contribution is -2.31. The first-order chi connectivity index (χ1) is 6.72. The summed E-state index contributed by atoms with van der Waals surface area (Å²) in [7, 11) is 0. The van der Waals surface area contributed by atoms with Crippen molar-refractivity contribution in [1.82, 2.24) is 10.6 Å². The van der Waals surface area contributed by atoms with Crippen molar-refractivity contribution in [2.24, 2.45) is 0 Å². The molecule has 0 aromatic rings. The zero-order valence-electron chi connectivity index (χ0n) is 8.64. The molecule has 0 unspecified atom stereocenters. The van der Waals surface area contributed by atoms with E-state index in [2.05, 4.69) is 10.6 Å². The molecule has 0 saturated heterocycles. The molecule has 0 atom stereocenters. The fraction of sp³-hybridized carbons (Fsp3) is 0.800. The molecular weight excluding hydrogens is 180 g/mol. The van der Waals surface area contributed by atoms with Crippen LogP contribution in [0.2, 0.25) is 0 Å². The number of rotatable bonds is 6. The van der Waals surface area contributed by atoms with Gasteiger partial charge < -0.3 is 10.6 Å². The van der Waals surface area contributed by atoms with Crippen molar-refractivity contribution in [2.75, 3.05) is 6.54 Å². The van der Waals surface area contributed by atoms with E-state index >= 15 is 0 Å². The van der Waals surface area contributed by atoms with Crippen LogP contribution in [0.3, 0.4) is 0 Å². The monoisotopic (exact) mass is 198 g/mol. The first-order valence-electron chi connectivity index (χ1n) is 5.28. The molecule has 2 N–H and O–H groups in total. The van der Waals surface area contributed by atoms with Crippen molar-refractivity contribution >= 4 is 11.8 Å². The molecule has 0 bridgehead atoms. The topological polar surface area (TPSA) is 58.2 Å². The van der Waals surface area contributed by atoms with Crippen molar-refractivity contribution < 1.29 is 9.59 Å². The van der Waals surface area contributed by atoms with Crippen LogP contribution >= 0.6 is 0 Å². The molecule has 0 aromatic carbocycles. The van der Waals surface area contributed by atoms with E-state index in [0.717, 1.165) is 19.3 Å². The van der Waals surface area contributed by atoms with E-state index in [9.17, 15) is 9.59 Å². The van der Waals surface area contributed by atoms with Crippen molar-refractivity contribution in [3.8, 4) is 0 Å². The van der Waals surface area contributed by atoms with Crippen LogP contribution in [0.25, 0.3) is 0 Å². The maximum Gasteiger partial charge on any atom is 0.221 e. The summed E-state index contributed by atoms with van der Waals surface area (Å²) in [6.45, 7) is 2.41. The Bertz CT molecular complexity index is 212. The minimum Gasteiger partial charge on any atom is -0.356 e. The Morgan fingerprint density at radius 1 is 1.21 bits per heavy atom. The van der Waals surface area contributed by atoms with Gasteiger partial charge in [0.2, 0.25) is 11.8 Å². The average Bonchev–Trinajstić information content (AvgIpc) is 2.88. The lowest BCUT2D eigenvalue weighted by Gasteiger charge is -2.04. The van der Waals surface area contributed by atoms with Crippen molar-refractivity contribution in [1.29, 1.82) is 0 Å². The molecule has 1 rings (SSSR count). The number of carbonyl (C=O) groups is 2. The Hall–Kier alpha value is -1.06. The third kappa shape index (κ3) is 4.84. The molecule has 14 heavy (non-hydrogen) atoms. The van der Waals surface area contributed by atoms with Crippen molar-refractivity contribution in [3.05, 3.63) is 0 Å². The van der Waals surface area contributed by atoms with Gasteiger partial charge in [-0.15, -0.1) is 0 Å². The first-order valence-corrected chi connectivity index (χ1v) is 5.28. The van der Waals surface area contributed by atoms with E-state index in [1.54, 1.807) is 0 Å². The highest BCUT2D eigenvalue weighted by Gasteiger charge is 2.22. The van der Waals surface area contributed by atoms with Gasteiger partial charge in [0.1, 0.15) is 0 Å². The van der Waals surface area contributed by atoms with Gasteiger partial charge in [0.25, 0.3) is 0 Å². The summed E-state index contributed by atoms with van der Waals surface area (Å²) in [6, 6.07) is 0.411. The predicted molar refractivity (Wildman–Crippen MR) is 53.7 cm³/mol. The standard InChI is InChI=1S/C10H18N2O2/c1-2-3-9(13)11-7-6-10(14)12-8-4-5-8/h8H,2-7H2,1H3,(H,11,13)(H,12,14). The molecule has 0 spiro atoms. The van der Waals surface area contributed by atoms with Crippen LogP contribution in [0, 0.1) is 0 Å². The zero-order chi connectivity index (χ0) is 10.4. The SMILES string of the molecule is CCCC(=O)NCCC(=O)NC1CC1. The largest absolute Gasteiger partial charge is 0.356 e. The fourth-order valence-electron chi connectivity index (χ4n) is 1.16. The smallest absolute Gasteiger partial charge is 0.221 e. The van der Waals surface area contributed by atoms with Gasteiger partial charge in [0.15, 0.2) is 0 Å². The summed E-state index contributed by atoms with van der Waals surface area (Å²) in [5.41, 5.74) is 0. The van der Waals surface area contributed by atoms with E-state index in [1.807, 2.05) is 6.92 Å². The quantitative estimate of drug-likeness (QED) is 0.655. The van der Waals surface area contributed by atoms with Gasteiger partial charge in [0.05, 0.1) is 0 Å². The molecule has 0 aliphatic heterocycles. The van der Waals surface area contributed by atoms with Gasteiger partial charge in [-0.2, -0.15) is 0 Å². The molecule has 2 amide bonds. The number of amides is 2. The summed E-state index contributed by atoms with van der Waals surface area (Å²) in [5, 5.41) is 5.58. The molecule has 1 saturated carbocycles. The van der Waals surface area contributed by atoms with E-state index in [4.69, 9.17) is 0 Å². The molecule has 0 aromatic heterocycles. The summed E-state index contributed by atoms with van der Waals surface area (Å²) < 4.78 is 0. The zero-order valence-corrected chi connectivity index (χ0v) is 8.64. The minimum absolute atomic E-state index is 0.0340. The highest BCUT2D eigenvalue weighted by molar-refractivity contribution is 5.79. The van der Waals surface area contributed by atoms with Crippen LogP contribution in [0.1, 0.15) is 39.0 Å². The number of nitrogens with one attached hydrogen (secondary N) is 2. The van der Waals surface area contributed by atoms with Crippen molar-refractivity contribution in [2.45, 2.75) is 45.1 Å². The molecular formula is C10H18N2O2. The number of carbonyl (C=O) groups excluding carboxylic acids is 2. The van der Waals surface area contributed by atoms with Crippen LogP contribution in [-0.2, 0) is 9.59 Å². The van der Waals surface area contributed by atoms with Gasteiger partial charge in [-0.05, 0) is 19.3 Å². The minimum atomic E-state index is 0.0340. The highest BCUT2D eigenvalue weighted by atomic mass is 16.2. The molecule has 1 aliphatic rings. The van der Waals surface area contributed by atoms with E-state index in [0.29, 0.717) is 25.4 Å². The van der Waals surface area contributed by atoms with Gasteiger partial charge in [-0.25, -0.2) is 0 Å². The highest BCUT2D eigenvalue weighted by Crippen LogP contribution is 2.18. The van der Waals surface area contributed by atoms with E-state index < -0.39 is 0 Å². The van der Waals surface area contributed by atoms with E-state index in [-0.39, 0.29) is 11.8 Å². The Balaban J connectivity index is 1.96. The maximum absolute atomic E-state index is 11.2. The van der Waals surface area contributed by atoms with E-state index in [1.165, 1.54) is 0 Å². The first kappa shape index (κ1) is 11.0. The molecule has 0 radical (unpaired) electrons. The molecule has 1 aliphatic carbocycles. The molecule has 4 nitrogen and oxygen atoms in total. The molecule has 0 heterocycles. The normalized spacial score (nSPS) is 14.9. The van der Waals surface area contributed by atoms with Crippen LogP contribution in [0.5, 0.6) is 0 Å². The summed E-state index contributed by atoms with van der Waals surface area (Å²) >= 11 is 0. The Morgan fingerprint density at radius 3 is 2.50 bits per heavy atom. The lowest BCUT2D eigenvalue weighted by molar-refractivity contribution is -0.122. The van der Waals surface area contributed by atoms with Gasteiger partial charge >= 0.3 is 0 Å².